The Morgan fingerprint density at radius 3 is 2.39 bits per heavy atom. The number of unbranched alkanes of at least 4 members (excludes halogenated alkanes) is 1. The molecule has 2 amide bonds. The Labute approximate surface area is 139 Å². The smallest absolute Gasteiger partial charge is 0.273 e. The van der Waals surface area contributed by atoms with Gasteiger partial charge in [0.15, 0.2) is 0 Å². The number of nitrogens with zero attached hydrogens (tertiary/aromatic N) is 1. The van der Waals surface area contributed by atoms with Gasteiger partial charge in [-0.25, -0.2) is 4.39 Å². The summed E-state index contributed by atoms with van der Waals surface area (Å²) in [5, 5.41) is -0.117. The molecular weight excluding hydrogens is 321 g/mol. The van der Waals surface area contributed by atoms with E-state index >= 15 is 0 Å². The maximum Gasteiger partial charge on any atom is 0.273 e. The fourth-order valence-corrected chi connectivity index (χ4v) is 2.58. The number of hydrogen-bond acceptors (Lipinski definition) is 3. The summed E-state index contributed by atoms with van der Waals surface area (Å²) in [5.74, 6) is -1.37. The SMILES string of the molecule is CCCCOCCCN1C(=O)C(Cl)=C(c2ccc(F)cc2)C1=O. The molecule has 2 rings (SSSR count). The zero-order valence-electron chi connectivity index (χ0n) is 13.0. The van der Waals surface area contributed by atoms with Crippen LogP contribution in [0.25, 0.3) is 5.57 Å². The Bertz CT molecular complexity index is 613. The van der Waals surface area contributed by atoms with Crippen LogP contribution in [0.3, 0.4) is 0 Å². The van der Waals surface area contributed by atoms with Crippen LogP contribution >= 0.6 is 11.6 Å². The Morgan fingerprint density at radius 1 is 1.09 bits per heavy atom. The van der Waals surface area contributed by atoms with Gasteiger partial charge in [-0.15, -0.1) is 0 Å². The number of amides is 2. The van der Waals surface area contributed by atoms with E-state index in [-0.39, 0.29) is 17.2 Å². The minimum Gasteiger partial charge on any atom is -0.381 e. The lowest BCUT2D eigenvalue weighted by atomic mass is 10.1. The Kier molecular flexibility index (Phi) is 6.30. The van der Waals surface area contributed by atoms with Crippen LogP contribution in [0.15, 0.2) is 29.3 Å². The van der Waals surface area contributed by atoms with Crippen LogP contribution in [0.1, 0.15) is 31.7 Å². The van der Waals surface area contributed by atoms with Gasteiger partial charge < -0.3 is 4.74 Å². The van der Waals surface area contributed by atoms with Crippen molar-refractivity contribution in [2.75, 3.05) is 19.8 Å². The molecular formula is C17H19ClFNO3. The number of carbonyl (C=O) groups is 2. The quantitative estimate of drug-likeness (QED) is 0.539. The lowest BCUT2D eigenvalue weighted by Crippen LogP contribution is -2.32. The first-order valence-corrected chi connectivity index (χ1v) is 8.03. The molecule has 4 nitrogen and oxygen atoms in total. The zero-order valence-corrected chi connectivity index (χ0v) is 13.7. The predicted octanol–water partition coefficient (Wildman–Crippen LogP) is 3.35. The standard InChI is InChI=1S/C17H19ClFNO3/c1-2-3-10-23-11-4-9-20-16(21)14(15(18)17(20)22)12-5-7-13(19)8-6-12/h5-8H,2-4,9-11H2,1H3. The normalized spacial score (nSPS) is 15.0. The van der Waals surface area contributed by atoms with Gasteiger partial charge in [0, 0.05) is 19.8 Å². The van der Waals surface area contributed by atoms with Crippen LogP contribution in [0, 0.1) is 5.82 Å². The van der Waals surface area contributed by atoms with Crippen LogP contribution in [0.5, 0.6) is 0 Å². The molecule has 0 N–H and O–H groups in total. The largest absolute Gasteiger partial charge is 0.381 e. The zero-order chi connectivity index (χ0) is 16.8. The van der Waals surface area contributed by atoms with Gasteiger partial charge in [-0.05, 0) is 30.5 Å². The first-order chi connectivity index (χ1) is 11.1. The van der Waals surface area contributed by atoms with Crippen molar-refractivity contribution in [2.24, 2.45) is 0 Å². The summed E-state index contributed by atoms with van der Waals surface area (Å²) in [6, 6.07) is 5.34. The molecule has 6 heteroatoms. The minimum atomic E-state index is -0.510. The first kappa shape index (κ1) is 17.6. The predicted molar refractivity (Wildman–Crippen MR) is 86.2 cm³/mol. The summed E-state index contributed by atoms with van der Waals surface area (Å²) in [6.07, 6.45) is 2.61. The van der Waals surface area contributed by atoms with Crippen molar-refractivity contribution in [3.63, 3.8) is 0 Å². The van der Waals surface area contributed by atoms with Crippen LogP contribution in [-0.4, -0.2) is 36.5 Å². The minimum absolute atomic E-state index is 0.117. The number of halogens is 2. The third kappa shape index (κ3) is 4.18. The monoisotopic (exact) mass is 339 g/mol. The highest BCUT2D eigenvalue weighted by Crippen LogP contribution is 2.31. The number of rotatable bonds is 8. The average molecular weight is 340 g/mol. The fourth-order valence-electron chi connectivity index (χ4n) is 2.29. The first-order valence-electron chi connectivity index (χ1n) is 7.66. The maximum absolute atomic E-state index is 13.0. The van der Waals surface area contributed by atoms with Gasteiger partial charge in [0.2, 0.25) is 0 Å². The van der Waals surface area contributed by atoms with Gasteiger partial charge in [-0.3, -0.25) is 14.5 Å². The summed E-state index contributed by atoms with van der Waals surface area (Å²) >= 11 is 6.02. The third-order valence-corrected chi connectivity index (χ3v) is 3.91. The molecule has 1 aliphatic heterocycles. The second-order valence-electron chi connectivity index (χ2n) is 5.28. The molecule has 0 radical (unpaired) electrons. The lowest BCUT2D eigenvalue weighted by Gasteiger charge is -2.14. The molecule has 0 saturated heterocycles. The Morgan fingerprint density at radius 2 is 1.74 bits per heavy atom. The maximum atomic E-state index is 13.0. The highest BCUT2D eigenvalue weighted by molar-refractivity contribution is 6.55. The fraction of sp³-hybridized carbons (Fsp3) is 0.412. The molecule has 1 heterocycles. The molecule has 0 spiro atoms. The number of imide groups is 1. The Hall–Kier alpha value is -1.72. The molecule has 1 aromatic carbocycles. The van der Waals surface area contributed by atoms with Gasteiger partial charge in [-0.1, -0.05) is 37.1 Å². The van der Waals surface area contributed by atoms with E-state index in [0.717, 1.165) is 17.7 Å². The molecule has 0 atom stereocenters. The third-order valence-electron chi connectivity index (χ3n) is 3.56. The second kappa shape index (κ2) is 8.22. The average Bonchev–Trinajstić information content (AvgIpc) is 2.75. The van der Waals surface area contributed by atoms with Crippen molar-refractivity contribution < 1.29 is 18.7 Å². The molecule has 23 heavy (non-hydrogen) atoms. The van der Waals surface area contributed by atoms with E-state index in [1.807, 2.05) is 0 Å². The summed E-state index contributed by atoms with van der Waals surface area (Å²) in [4.78, 5) is 25.7. The van der Waals surface area contributed by atoms with E-state index < -0.39 is 17.6 Å². The summed E-state index contributed by atoms with van der Waals surface area (Å²) in [6.45, 7) is 3.50. The van der Waals surface area contributed by atoms with E-state index in [0.29, 0.717) is 25.2 Å². The van der Waals surface area contributed by atoms with Crippen molar-refractivity contribution >= 4 is 29.0 Å². The van der Waals surface area contributed by atoms with Crippen LogP contribution in [-0.2, 0) is 14.3 Å². The summed E-state index contributed by atoms with van der Waals surface area (Å²) in [5.41, 5.74) is 0.569. The number of benzene rings is 1. The van der Waals surface area contributed by atoms with Crippen molar-refractivity contribution in [3.8, 4) is 0 Å². The Balaban J connectivity index is 1.97. The number of carbonyl (C=O) groups excluding carboxylic acids is 2. The van der Waals surface area contributed by atoms with E-state index in [2.05, 4.69) is 6.92 Å². The summed E-state index contributed by atoms with van der Waals surface area (Å²) < 4.78 is 18.4. The van der Waals surface area contributed by atoms with Crippen molar-refractivity contribution in [2.45, 2.75) is 26.2 Å². The molecule has 0 bridgehead atoms. The van der Waals surface area contributed by atoms with Crippen molar-refractivity contribution in [1.29, 1.82) is 0 Å². The van der Waals surface area contributed by atoms with Gasteiger partial charge in [0.1, 0.15) is 10.8 Å². The van der Waals surface area contributed by atoms with Gasteiger partial charge in [0.25, 0.3) is 11.8 Å². The van der Waals surface area contributed by atoms with Crippen LogP contribution < -0.4 is 0 Å². The van der Waals surface area contributed by atoms with E-state index in [1.54, 1.807) is 0 Å². The molecule has 0 saturated carbocycles. The molecule has 1 aromatic rings. The van der Waals surface area contributed by atoms with E-state index in [4.69, 9.17) is 16.3 Å². The molecule has 0 fully saturated rings. The van der Waals surface area contributed by atoms with Crippen LogP contribution in [0.2, 0.25) is 0 Å². The van der Waals surface area contributed by atoms with Gasteiger partial charge in [-0.2, -0.15) is 0 Å². The van der Waals surface area contributed by atoms with Gasteiger partial charge >= 0.3 is 0 Å². The molecule has 124 valence electrons. The van der Waals surface area contributed by atoms with E-state index in [1.165, 1.54) is 24.3 Å². The highest BCUT2D eigenvalue weighted by atomic mass is 35.5. The molecule has 0 unspecified atom stereocenters. The van der Waals surface area contributed by atoms with E-state index in [9.17, 15) is 14.0 Å². The molecule has 0 aliphatic carbocycles. The van der Waals surface area contributed by atoms with Crippen molar-refractivity contribution in [3.05, 3.63) is 40.7 Å². The van der Waals surface area contributed by atoms with Gasteiger partial charge in [0.05, 0.1) is 5.57 Å². The van der Waals surface area contributed by atoms with Crippen LogP contribution in [0.4, 0.5) is 4.39 Å². The number of ether oxygens (including phenoxy) is 1. The highest BCUT2D eigenvalue weighted by Gasteiger charge is 2.37. The number of hydrogen-bond donors (Lipinski definition) is 0. The molecule has 1 aliphatic rings. The summed E-state index contributed by atoms with van der Waals surface area (Å²) in [7, 11) is 0. The second-order valence-corrected chi connectivity index (χ2v) is 5.66. The molecule has 0 aromatic heterocycles. The van der Waals surface area contributed by atoms with Crippen molar-refractivity contribution in [1.82, 2.24) is 4.90 Å². The topological polar surface area (TPSA) is 46.6 Å². The lowest BCUT2D eigenvalue weighted by molar-refractivity contribution is -0.136.